The summed E-state index contributed by atoms with van der Waals surface area (Å²) in [6, 6.07) is 23.5. The smallest absolute Gasteiger partial charge is 0.0558 e. The van der Waals surface area contributed by atoms with Crippen molar-refractivity contribution in [3.63, 3.8) is 0 Å². The molecular formula is C60H55N3. The highest BCUT2D eigenvalue weighted by atomic mass is 15.2. The number of nitrogens with zero attached hydrogens (tertiary/aromatic N) is 3. The van der Waals surface area contributed by atoms with E-state index in [-0.39, 0.29) is 12.1 Å². The molecule has 4 aromatic rings. The maximum Gasteiger partial charge on any atom is 0.0558 e. The van der Waals surface area contributed by atoms with Gasteiger partial charge in [0, 0.05) is 62.7 Å². The molecule has 0 radical (unpaired) electrons. The van der Waals surface area contributed by atoms with Crippen LogP contribution >= 0.6 is 0 Å². The van der Waals surface area contributed by atoms with E-state index in [1.807, 2.05) is 0 Å². The average Bonchev–Trinajstić information content (AvgIpc) is 3.69. The number of anilines is 2. The number of aromatic nitrogens is 1. The number of hydrogen-bond acceptors (Lipinski definition) is 2. The molecule has 1 heterocycles. The van der Waals surface area contributed by atoms with E-state index < -0.39 is 0 Å². The zero-order valence-corrected chi connectivity index (χ0v) is 36.0. The monoisotopic (exact) mass is 817 g/mol. The summed E-state index contributed by atoms with van der Waals surface area (Å²) < 4.78 is 2.52. The van der Waals surface area contributed by atoms with Gasteiger partial charge in [-0.2, -0.15) is 0 Å². The normalized spacial score (nSPS) is 25.9. The molecule has 6 atom stereocenters. The van der Waals surface area contributed by atoms with Crippen molar-refractivity contribution in [1.29, 1.82) is 0 Å². The van der Waals surface area contributed by atoms with Gasteiger partial charge in [-0.1, -0.05) is 158 Å². The van der Waals surface area contributed by atoms with E-state index >= 15 is 0 Å². The lowest BCUT2D eigenvalue weighted by molar-refractivity contribution is 0.488. The molecule has 8 aliphatic carbocycles. The summed E-state index contributed by atoms with van der Waals surface area (Å²) in [6.07, 6.45) is 63.3. The van der Waals surface area contributed by atoms with Crippen LogP contribution in [0, 0.1) is 23.7 Å². The molecule has 1 aromatic heterocycles. The summed E-state index contributed by atoms with van der Waals surface area (Å²) in [5, 5.41) is 1.34. The van der Waals surface area contributed by atoms with Crippen molar-refractivity contribution < 1.29 is 0 Å². The van der Waals surface area contributed by atoms with Crippen LogP contribution in [-0.4, -0.2) is 16.7 Å². The molecule has 3 aromatic carbocycles. The Kier molecular flexibility index (Phi) is 9.85. The fraction of sp³-hybridized carbons (Fsp3) is 0.233. The van der Waals surface area contributed by atoms with Crippen molar-refractivity contribution >= 4 is 40.0 Å². The van der Waals surface area contributed by atoms with Gasteiger partial charge in [0.2, 0.25) is 0 Å². The first-order valence-corrected chi connectivity index (χ1v) is 23.6. The van der Waals surface area contributed by atoms with Gasteiger partial charge in [0.15, 0.2) is 0 Å². The Morgan fingerprint density at radius 1 is 0.571 bits per heavy atom. The van der Waals surface area contributed by atoms with Crippen LogP contribution in [0.2, 0.25) is 0 Å². The van der Waals surface area contributed by atoms with Gasteiger partial charge >= 0.3 is 0 Å². The van der Waals surface area contributed by atoms with E-state index in [9.17, 15) is 0 Å². The summed E-state index contributed by atoms with van der Waals surface area (Å²) in [4.78, 5) is 5.25. The molecule has 3 heteroatoms. The predicted octanol–water partition coefficient (Wildman–Crippen LogP) is 14.3. The van der Waals surface area contributed by atoms with Crippen LogP contribution in [0.1, 0.15) is 66.5 Å². The molecule has 0 bridgehead atoms. The summed E-state index contributed by atoms with van der Waals surface area (Å²) in [6.45, 7) is 0. The van der Waals surface area contributed by atoms with Crippen LogP contribution < -0.4 is 9.80 Å². The van der Waals surface area contributed by atoms with Gasteiger partial charge in [0.1, 0.15) is 0 Å². The van der Waals surface area contributed by atoms with Gasteiger partial charge < -0.3 is 14.4 Å². The summed E-state index contributed by atoms with van der Waals surface area (Å²) in [5.41, 5.74) is 15.9. The SMILES string of the molecule is C1=CCC(N(c2ccc3c4c(n(-c5ccccc5)c3c2)CCC=C4)C2C=CC(c3ccc(N(C4=CC5C=CC=CC5C=C4)C4=CC5C=CCCC5C=C4)c4c3CCC=C4)=CC2)C=C1. The van der Waals surface area contributed by atoms with E-state index in [2.05, 4.69) is 215 Å². The highest BCUT2D eigenvalue weighted by Gasteiger charge is 2.31. The first kappa shape index (κ1) is 38.1. The van der Waals surface area contributed by atoms with Gasteiger partial charge in [-0.15, -0.1) is 0 Å². The van der Waals surface area contributed by atoms with Crippen molar-refractivity contribution in [3.8, 4) is 5.69 Å². The van der Waals surface area contributed by atoms with Crippen molar-refractivity contribution in [2.45, 2.75) is 63.5 Å². The van der Waals surface area contributed by atoms with Gasteiger partial charge in [0.25, 0.3) is 0 Å². The minimum absolute atomic E-state index is 0.229. The number of rotatable bonds is 8. The van der Waals surface area contributed by atoms with E-state index in [1.165, 1.54) is 85.7 Å². The molecule has 63 heavy (non-hydrogen) atoms. The first-order valence-electron chi connectivity index (χ1n) is 23.6. The minimum atomic E-state index is 0.229. The maximum absolute atomic E-state index is 2.68. The Bertz CT molecular complexity index is 2880. The molecule has 0 aliphatic heterocycles. The minimum Gasteiger partial charge on any atom is -0.358 e. The first-order chi connectivity index (χ1) is 31.2. The standard InChI is InChI=1S/C60H55N3/c1-3-19-47(20-4-1)61(52-35-36-57-56-25-13-14-26-58(56)63(60(57)41-52)48-21-5-2-6-22-48)49-31-29-44(30-32-49)53-37-38-59(55-24-12-11-23-54(53)55)62(50-33-27-42-15-7-9-17-45(42)39-50)51-34-28-43-16-8-10-18-46(43)40-51/h1-7,9-10,12-13,15,17-19,21-22,24-25,27-31,33-43,45-47,49H,8,11,14,16,20,23,26,32H2. The lowest BCUT2D eigenvalue weighted by Gasteiger charge is -2.39. The zero-order valence-electron chi connectivity index (χ0n) is 36.0. The zero-order chi connectivity index (χ0) is 41.7. The van der Waals surface area contributed by atoms with Gasteiger partial charge in [-0.05, 0) is 116 Å². The van der Waals surface area contributed by atoms with E-state index in [4.69, 9.17) is 0 Å². The number of benzene rings is 3. The lowest BCUT2D eigenvalue weighted by Crippen LogP contribution is -2.42. The molecule has 0 amide bonds. The third kappa shape index (κ3) is 6.90. The van der Waals surface area contributed by atoms with Crippen LogP contribution in [0.3, 0.4) is 0 Å². The second kappa shape index (κ2) is 16.3. The molecule has 0 N–H and O–H groups in total. The van der Waals surface area contributed by atoms with Crippen LogP contribution in [0.25, 0.3) is 34.3 Å². The fourth-order valence-corrected chi connectivity index (χ4v) is 11.6. The maximum atomic E-state index is 2.68. The highest BCUT2D eigenvalue weighted by molar-refractivity contribution is 5.95. The van der Waals surface area contributed by atoms with Crippen LogP contribution in [-0.2, 0) is 12.8 Å². The van der Waals surface area contributed by atoms with Crippen LogP contribution in [0.15, 0.2) is 200 Å². The van der Waals surface area contributed by atoms with Crippen molar-refractivity contribution in [3.05, 3.63) is 228 Å². The molecule has 6 unspecified atom stereocenters. The molecule has 12 rings (SSSR count). The second-order valence-corrected chi connectivity index (χ2v) is 18.4. The number of hydrogen-bond donors (Lipinski definition) is 0. The van der Waals surface area contributed by atoms with Crippen LogP contribution in [0.5, 0.6) is 0 Å². The van der Waals surface area contributed by atoms with E-state index in [0.29, 0.717) is 23.7 Å². The molecule has 3 nitrogen and oxygen atoms in total. The van der Waals surface area contributed by atoms with E-state index in [1.54, 1.807) is 0 Å². The van der Waals surface area contributed by atoms with Crippen molar-refractivity contribution in [1.82, 2.24) is 4.57 Å². The predicted molar refractivity (Wildman–Crippen MR) is 267 cm³/mol. The fourth-order valence-electron chi connectivity index (χ4n) is 11.6. The van der Waals surface area contributed by atoms with Gasteiger partial charge in [-0.25, -0.2) is 0 Å². The average molecular weight is 818 g/mol. The van der Waals surface area contributed by atoms with Crippen molar-refractivity contribution in [2.24, 2.45) is 23.7 Å². The Labute approximate surface area is 373 Å². The quantitative estimate of drug-likeness (QED) is 0.164. The molecule has 0 spiro atoms. The van der Waals surface area contributed by atoms with Crippen molar-refractivity contribution in [2.75, 3.05) is 9.80 Å². The topological polar surface area (TPSA) is 11.4 Å². The summed E-state index contributed by atoms with van der Waals surface area (Å²) >= 11 is 0. The molecule has 8 aliphatic rings. The number of para-hydroxylation sites is 1. The summed E-state index contributed by atoms with van der Waals surface area (Å²) in [7, 11) is 0. The Hall–Kier alpha value is -6.58. The summed E-state index contributed by atoms with van der Waals surface area (Å²) in [5.74, 6) is 1.81. The molecule has 0 saturated carbocycles. The molecule has 0 saturated heterocycles. The third-order valence-corrected chi connectivity index (χ3v) is 14.7. The molecular weight excluding hydrogens is 763 g/mol. The second-order valence-electron chi connectivity index (χ2n) is 18.4. The van der Waals surface area contributed by atoms with E-state index in [0.717, 1.165) is 38.5 Å². The van der Waals surface area contributed by atoms with Gasteiger partial charge in [0.05, 0.1) is 23.3 Å². The molecule has 0 fully saturated rings. The highest BCUT2D eigenvalue weighted by Crippen LogP contribution is 2.44. The van der Waals surface area contributed by atoms with Crippen LogP contribution in [0.4, 0.5) is 11.4 Å². The third-order valence-electron chi connectivity index (χ3n) is 14.7. The number of allylic oxidation sites excluding steroid dienone is 18. The molecule has 310 valence electrons. The Morgan fingerprint density at radius 2 is 1.38 bits per heavy atom. The van der Waals surface area contributed by atoms with Gasteiger partial charge in [-0.3, -0.25) is 0 Å². The number of fused-ring (bicyclic) bond motifs is 6. The lowest BCUT2D eigenvalue weighted by atomic mass is 9.80. The Morgan fingerprint density at radius 3 is 2.24 bits per heavy atom. The largest absolute Gasteiger partial charge is 0.358 e. The Balaban J connectivity index is 0.904.